The van der Waals surface area contributed by atoms with Gasteiger partial charge in [0.15, 0.2) is 5.69 Å². The first-order chi connectivity index (χ1) is 13.0. The monoisotopic (exact) mass is 364 g/mol. The van der Waals surface area contributed by atoms with Gasteiger partial charge < -0.3 is 10.6 Å². The minimum absolute atomic E-state index is 0.106. The molecule has 0 aliphatic carbocycles. The van der Waals surface area contributed by atoms with Crippen LogP contribution >= 0.6 is 0 Å². The highest BCUT2D eigenvalue weighted by atomic mass is 16.2. The normalized spacial score (nSPS) is 10.6. The van der Waals surface area contributed by atoms with Gasteiger partial charge in [-0.05, 0) is 24.1 Å². The smallest absolute Gasteiger partial charge is 0.274 e. The number of carbonyl (C=O) groups excluding carboxylic acids is 2. The third-order valence-electron chi connectivity index (χ3n) is 4.25. The van der Waals surface area contributed by atoms with E-state index < -0.39 is 5.91 Å². The molecule has 138 valence electrons. The molecule has 2 N–H and O–H groups in total. The second-order valence-electron chi connectivity index (χ2n) is 6.06. The summed E-state index contributed by atoms with van der Waals surface area (Å²) in [6.07, 6.45) is 0.788. The number of aromatic nitrogens is 2. The Hall–Kier alpha value is -3.48. The van der Waals surface area contributed by atoms with Gasteiger partial charge in [0.1, 0.15) is 0 Å². The highest BCUT2D eigenvalue weighted by molar-refractivity contribution is 6.06. The molecule has 2 amide bonds. The molecule has 0 atom stereocenters. The Morgan fingerprint density at radius 2 is 1.70 bits per heavy atom. The number of benzene rings is 2. The second kappa shape index (κ2) is 7.82. The van der Waals surface area contributed by atoms with E-state index in [9.17, 15) is 14.4 Å². The molecule has 3 rings (SSSR count). The zero-order valence-electron chi connectivity index (χ0n) is 15.2. The largest absolute Gasteiger partial charge is 0.342 e. The molecule has 3 aromatic rings. The van der Waals surface area contributed by atoms with Gasteiger partial charge >= 0.3 is 0 Å². The van der Waals surface area contributed by atoms with Gasteiger partial charge in [0.05, 0.1) is 11.9 Å². The molecule has 1 aromatic heterocycles. The Balaban J connectivity index is 1.75. The highest BCUT2D eigenvalue weighted by Gasteiger charge is 2.16. The minimum Gasteiger partial charge on any atom is -0.342 e. The molecule has 0 aliphatic rings. The number of nitrogens with one attached hydrogen (secondary N) is 2. The first-order valence-corrected chi connectivity index (χ1v) is 8.63. The third kappa shape index (κ3) is 3.87. The molecule has 0 spiro atoms. The van der Waals surface area contributed by atoms with Crippen LogP contribution in [0.2, 0.25) is 0 Å². The molecule has 0 saturated carbocycles. The lowest BCUT2D eigenvalue weighted by atomic mass is 10.1. The molecular formula is C20H20N4O3. The van der Waals surface area contributed by atoms with Crippen molar-refractivity contribution in [2.75, 3.05) is 11.9 Å². The van der Waals surface area contributed by atoms with Crippen molar-refractivity contribution in [3.05, 3.63) is 70.1 Å². The molecule has 27 heavy (non-hydrogen) atoms. The number of amides is 2. The molecule has 1 heterocycles. The van der Waals surface area contributed by atoms with E-state index in [1.54, 1.807) is 24.3 Å². The van der Waals surface area contributed by atoms with E-state index in [1.807, 2.05) is 31.2 Å². The Morgan fingerprint density at radius 3 is 2.44 bits per heavy atom. The summed E-state index contributed by atoms with van der Waals surface area (Å²) < 4.78 is 1.12. The highest BCUT2D eigenvalue weighted by Crippen LogP contribution is 2.15. The number of hydrogen-bond acceptors (Lipinski definition) is 4. The van der Waals surface area contributed by atoms with Gasteiger partial charge in [-0.2, -0.15) is 5.10 Å². The first kappa shape index (κ1) is 18.3. The Morgan fingerprint density at radius 1 is 1.04 bits per heavy atom. The van der Waals surface area contributed by atoms with E-state index >= 15 is 0 Å². The summed E-state index contributed by atoms with van der Waals surface area (Å²) in [6.45, 7) is 1.80. The molecule has 2 aromatic carbocycles. The van der Waals surface area contributed by atoms with Crippen LogP contribution in [0.3, 0.4) is 0 Å². The van der Waals surface area contributed by atoms with Crippen LogP contribution in [-0.4, -0.2) is 28.1 Å². The molecule has 0 radical (unpaired) electrons. The van der Waals surface area contributed by atoms with Gasteiger partial charge in [-0.1, -0.05) is 43.3 Å². The number of hydrogen-bond donors (Lipinski definition) is 2. The van der Waals surface area contributed by atoms with Crippen molar-refractivity contribution in [1.82, 2.24) is 15.1 Å². The maximum atomic E-state index is 12.5. The van der Waals surface area contributed by atoms with Crippen LogP contribution in [0, 0.1) is 0 Å². The van der Waals surface area contributed by atoms with E-state index in [1.165, 1.54) is 7.05 Å². The Bertz CT molecular complexity index is 1070. The van der Waals surface area contributed by atoms with Gasteiger partial charge in [0, 0.05) is 18.1 Å². The lowest BCUT2D eigenvalue weighted by Crippen LogP contribution is -2.35. The lowest BCUT2D eigenvalue weighted by molar-refractivity contribution is -0.115. The van der Waals surface area contributed by atoms with Crippen molar-refractivity contribution in [2.24, 2.45) is 7.05 Å². The summed E-state index contributed by atoms with van der Waals surface area (Å²) in [4.78, 5) is 36.9. The summed E-state index contributed by atoms with van der Waals surface area (Å²) in [7, 11) is 1.49. The van der Waals surface area contributed by atoms with Gasteiger partial charge in [-0.15, -0.1) is 0 Å². The molecule has 0 bridgehead atoms. The minimum atomic E-state index is -0.513. The number of aryl methyl sites for hydroxylation is 2. The average molecular weight is 364 g/mol. The van der Waals surface area contributed by atoms with Crippen molar-refractivity contribution in [1.29, 1.82) is 0 Å². The van der Waals surface area contributed by atoms with E-state index in [0.29, 0.717) is 10.8 Å². The number of nitrogens with zero attached hydrogens (tertiary/aromatic N) is 2. The maximum Gasteiger partial charge on any atom is 0.274 e. The van der Waals surface area contributed by atoms with Crippen LogP contribution < -0.4 is 16.2 Å². The standard InChI is InChI=1S/C20H20N4O3/c1-3-13-8-4-7-11-16(13)22-17(25)12-21-19(26)18-14-9-5-6-10-15(14)20(27)24(2)23-18/h4-11H,3,12H2,1-2H3,(H,21,26)(H,22,25). The zero-order valence-corrected chi connectivity index (χ0v) is 15.2. The van der Waals surface area contributed by atoms with Crippen molar-refractivity contribution in [2.45, 2.75) is 13.3 Å². The molecule has 7 heteroatoms. The Labute approximate surface area is 156 Å². The van der Waals surface area contributed by atoms with Gasteiger partial charge in [-0.25, -0.2) is 4.68 Å². The van der Waals surface area contributed by atoms with Crippen LogP contribution in [-0.2, 0) is 18.3 Å². The molecular weight excluding hydrogens is 344 g/mol. The zero-order chi connectivity index (χ0) is 19.4. The topological polar surface area (TPSA) is 93.1 Å². The summed E-state index contributed by atoms with van der Waals surface area (Å²) >= 11 is 0. The Kier molecular flexibility index (Phi) is 5.30. The molecule has 0 saturated heterocycles. The van der Waals surface area contributed by atoms with Gasteiger partial charge in [-0.3, -0.25) is 14.4 Å². The predicted molar refractivity (Wildman–Crippen MR) is 104 cm³/mol. The fourth-order valence-corrected chi connectivity index (χ4v) is 2.86. The van der Waals surface area contributed by atoms with E-state index in [4.69, 9.17) is 0 Å². The molecule has 0 unspecified atom stereocenters. The van der Waals surface area contributed by atoms with Crippen molar-refractivity contribution >= 4 is 28.3 Å². The third-order valence-corrected chi connectivity index (χ3v) is 4.25. The van der Waals surface area contributed by atoms with Crippen LogP contribution in [0.4, 0.5) is 5.69 Å². The number of para-hydroxylation sites is 1. The van der Waals surface area contributed by atoms with Crippen LogP contribution in [0.25, 0.3) is 10.8 Å². The van der Waals surface area contributed by atoms with Crippen LogP contribution in [0.5, 0.6) is 0 Å². The summed E-state index contributed by atoms with van der Waals surface area (Å²) in [5.41, 5.74) is 1.57. The number of fused-ring (bicyclic) bond motifs is 1. The quantitative estimate of drug-likeness (QED) is 0.723. The number of carbonyl (C=O) groups is 2. The molecule has 0 aliphatic heterocycles. The van der Waals surface area contributed by atoms with Crippen molar-refractivity contribution in [3.8, 4) is 0 Å². The van der Waals surface area contributed by atoms with Gasteiger partial charge in [0.25, 0.3) is 11.5 Å². The van der Waals surface area contributed by atoms with E-state index in [2.05, 4.69) is 15.7 Å². The van der Waals surface area contributed by atoms with Gasteiger partial charge in [0.2, 0.25) is 5.91 Å². The van der Waals surface area contributed by atoms with Crippen LogP contribution in [0.15, 0.2) is 53.3 Å². The predicted octanol–water partition coefficient (Wildman–Crippen LogP) is 1.86. The molecule has 7 nitrogen and oxygen atoms in total. The first-order valence-electron chi connectivity index (χ1n) is 8.63. The summed E-state index contributed by atoms with van der Waals surface area (Å²) in [5, 5.41) is 10.3. The summed E-state index contributed by atoms with van der Waals surface area (Å²) in [5.74, 6) is -0.848. The van der Waals surface area contributed by atoms with Crippen molar-refractivity contribution < 1.29 is 9.59 Å². The van der Waals surface area contributed by atoms with E-state index in [0.717, 1.165) is 22.4 Å². The lowest BCUT2D eigenvalue weighted by Gasteiger charge is -2.11. The fourth-order valence-electron chi connectivity index (χ4n) is 2.86. The summed E-state index contributed by atoms with van der Waals surface area (Å²) in [6, 6.07) is 14.3. The SMILES string of the molecule is CCc1ccccc1NC(=O)CNC(=O)c1nn(C)c(=O)c2ccccc12. The number of rotatable bonds is 5. The maximum absolute atomic E-state index is 12.5. The van der Waals surface area contributed by atoms with E-state index in [-0.39, 0.29) is 23.7 Å². The van der Waals surface area contributed by atoms with Crippen LogP contribution in [0.1, 0.15) is 23.0 Å². The second-order valence-corrected chi connectivity index (χ2v) is 6.06. The fraction of sp³-hybridized carbons (Fsp3) is 0.200. The number of anilines is 1. The van der Waals surface area contributed by atoms with Crippen molar-refractivity contribution in [3.63, 3.8) is 0 Å². The molecule has 0 fully saturated rings. The average Bonchev–Trinajstić information content (AvgIpc) is 2.69.